The van der Waals surface area contributed by atoms with Crippen molar-refractivity contribution in [1.82, 2.24) is 10.3 Å². The smallest absolute Gasteiger partial charge is 0.251 e. The molecule has 0 aliphatic carbocycles. The van der Waals surface area contributed by atoms with Gasteiger partial charge >= 0.3 is 0 Å². The Hall–Kier alpha value is -2.96. The van der Waals surface area contributed by atoms with Gasteiger partial charge in [-0.2, -0.15) is 0 Å². The number of carbonyl (C=O) groups is 1. The molecular weight excluding hydrogens is 403 g/mol. The summed E-state index contributed by atoms with van der Waals surface area (Å²) in [7, 11) is 0. The van der Waals surface area contributed by atoms with Crippen LogP contribution in [0.25, 0.3) is 11.1 Å². The number of amides is 1. The third kappa shape index (κ3) is 4.13. The second-order valence-electron chi connectivity index (χ2n) is 5.92. The van der Waals surface area contributed by atoms with Crippen LogP contribution in [-0.4, -0.2) is 10.9 Å². The predicted octanol–water partition coefficient (Wildman–Crippen LogP) is 5.24. The van der Waals surface area contributed by atoms with E-state index in [1.54, 1.807) is 54.8 Å². The van der Waals surface area contributed by atoms with Gasteiger partial charge in [-0.25, -0.2) is 4.98 Å². The van der Waals surface area contributed by atoms with Crippen LogP contribution in [0.1, 0.15) is 22.0 Å². The van der Waals surface area contributed by atoms with E-state index in [9.17, 15) is 4.79 Å². The Bertz CT molecular complexity index is 1120. The average molecular weight is 417 g/mol. The Morgan fingerprint density at radius 3 is 2.82 bits per heavy atom. The predicted molar refractivity (Wildman–Crippen MR) is 105 cm³/mol. The molecular formula is C20H14Cl2N2O4. The fourth-order valence-electron chi connectivity index (χ4n) is 2.59. The molecule has 6 nitrogen and oxygen atoms in total. The van der Waals surface area contributed by atoms with Crippen molar-refractivity contribution >= 4 is 40.2 Å². The van der Waals surface area contributed by atoms with Crippen molar-refractivity contribution < 1.29 is 18.4 Å². The Labute approximate surface area is 170 Å². The summed E-state index contributed by atoms with van der Waals surface area (Å²) in [6.07, 6.45) is 1.56. The van der Waals surface area contributed by atoms with Gasteiger partial charge in [0.2, 0.25) is 5.89 Å². The maximum Gasteiger partial charge on any atom is 0.251 e. The van der Waals surface area contributed by atoms with E-state index in [1.807, 2.05) is 0 Å². The molecule has 0 bridgehead atoms. The van der Waals surface area contributed by atoms with E-state index in [0.29, 0.717) is 50.7 Å². The van der Waals surface area contributed by atoms with Gasteiger partial charge in [0.15, 0.2) is 12.2 Å². The number of ether oxygens (including phenoxy) is 1. The summed E-state index contributed by atoms with van der Waals surface area (Å²) >= 11 is 12.0. The topological polar surface area (TPSA) is 77.5 Å². The highest BCUT2D eigenvalue weighted by atomic mass is 35.5. The van der Waals surface area contributed by atoms with Crippen molar-refractivity contribution in [3.8, 4) is 5.75 Å². The Balaban J connectivity index is 1.44. The van der Waals surface area contributed by atoms with Gasteiger partial charge < -0.3 is 18.9 Å². The molecule has 4 rings (SSSR count). The van der Waals surface area contributed by atoms with Gasteiger partial charge in [-0.3, -0.25) is 4.79 Å². The van der Waals surface area contributed by atoms with Crippen molar-refractivity contribution in [3.63, 3.8) is 0 Å². The molecule has 4 aromatic rings. The summed E-state index contributed by atoms with van der Waals surface area (Å²) in [5, 5.41) is 3.71. The molecule has 1 N–H and O–H groups in total. The highest BCUT2D eigenvalue weighted by molar-refractivity contribution is 6.35. The molecule has 0 saturated heterocycles. The summed E-state index contributed by atoms with van der Waals surface area (Å²) < 4.78 is 16.5. The van der Waals surface area contributed by atoms with Gasteiger partial charge in [0, 0.05) is 10.6 Å². The van der Waals surface area contributed by atoms with Crippen LogP contribution in [0.4, 0.5) is 0 Å². The third-order valence-corrected chi connectivity index (χ3v) is 4.47. The molecule has 8 heteroatoms. The molecule has 0 aliphatic rings. The number of nitrogens with one attached hydrogen (secondary N) is 1. The minimum atomic E-state index is -0.236. The van der Waals surface area contributed by atoms with Gasteiger partial charge in [-0.15, -0.1) is 0 Å². The number of furan rings is 1. The van der Waals surface area contributed by atoms with E-state index in [0.717, 1.165) is 0 Å². The Morgan fingerprint density at radius 2 is 2.04 bits per heavy atom. The lowest BCUT2D eigenvalue weighted by Gasteiger charge is -2.05. The largest absolute Gasteiger partial charge is 0.482 e. The molecule has 28 heavy (non-hydrogen) atoms. The third-order valence-electron chi connectivity index (χ3n) is 3.94. The minimum Gasteiger partial charge on any atom is -0.482 e. The van der Waals surface area contributed by atoms with E-state index in [2.05, 4.69) is 10.3 Å². The molecule has 2 aromatic carbocycles. The zero-order valence-corrected chi connectivity index (χ0v) is 16.0. The summed E-state index contributed by atoms with van der Waals surface area (Å²) in [6.45, 7) is 0.400. The van der Waals surface area contributed by atoms with Crippen LogP contribution in [0.2, 0.25) is 10.0 Å². The monoisotopic (exact) mass is 416 g/mol. The quantitative estimate of drug-likeness (QED) is 0.465. The summed E-state index contributed by atoms with van der Waals surface area (Å²) in [4.78, 5) is 16.7. The highest BCUT2D eigenvalue weighted by Gasteiger charge is 2.12. The first kappa shape index (κ1) is 18.4. The molecule has 0 unspecified atom stereocenters. The summed E-state index contributed by atoms with van der Waals surface area (Å²) in [5.74, 6) is 1.29. The standard InChI is InChI=1S/C20H14Cl2N2O4/c21-13-4-6-17(15(22)9-13)27-11-19-24-16-5-3-12(8-18(16)28-19)20(25)23-10-14-2-1-7-26-14/h1-9H,10-11H2,(H,23,25). The average Bonchev–Trinajstić information content (AvgIpc) is 3.34. The van der Waals surface area contributed by atoms with E-state index >= 15 is 0 Å². The van der Waals surface area contributed by atoms with Crippen molar-refractivity contribution in [2.45, 2.75) is 13.2 Å². The van der Waals surface area contributed by atoms with Gasteiger partial charge in [0.1, 0.15) is 17.0 Å². The molecule has 0 radical (unpaired) electrons. The summed E-state index contributed by atoms with van der Waals surface area (Å²) in [6, 6.07) is 13.6. The number of aromatic nitrogens is 1. The van der Waals surface area contributed by atoms with Crippen LogP contribution in [-0.2, 0) is 13.2 Å². The SMILES string of the molecule is O=C(NCc1ccco1)c1ccc2nc(COc3ccc(Cl)cc3Cl)oc2c1. The fourth-order valence-corrected chi connectivity index (χ4v) is 3.05. The summed E-state index contributed by atoms with van der Waals surface area (Å²) in [5.41, 5.74) is 1.58. The Morgan fingerprint density at radius 1 is 1.14 bits per heavy atom. The first-order valence-electron chi connectivity index (χ1n) is 8.36. The van der Waals surface area contributed by atoms with Crippen molar-refractivity contribution in [1.29, 1.82) is 0 Å². The Kier molecular flexibility index (Phi) is 5.23. The first-order chi connectivity index (χ1) is 13.6. The maximum absolute atomic E-state index is 12.3. The van der Waals surface area contributed by atoms with Gasteiger partial charge in [-0.1, -0.05) is 23.2 Å². The van der Waals surface area contributed by atoms with Gasteiger partial charge in [-0.05, 0) is 48.5 Å². The number of benzene rings is 2. The highest BCUT2D eigenvalue weighted by Crippen LogP contribution is 2.28. The van der Waals surface area contributed by atoms with Crippen LogP contribution in [0.15, 0.2) is 63.6 Å². The molecule has 0 saturated carbocycles. The van der Waals surface area contributed by atoms with Crippen LogP contribution < -0.4 is 10.1 Å². The lowest BCUT2D eigenvalue weighted by molar-refractivity contribution is 0.0948. The molecule has 0 aliphatic heterocycles. The second kappa shape index (κ2) is 7.96. The number of rotatable bonds is 6. The molecule has 2 aromatic heterocycles. The van der Waals surface area contributed by atoms with Crippen molar-refractivity contribution in [3.05, 3.63) is 82.1 Å². The van der Waals surface area contributed by atoms with Crippen molar-refractivity contribution in [2.24, 2.45) is 0 Å². The number of oxazole rings is 1. The lowest BCUT2D eigenvalue weighted by Crippen LogP contribution is -2.22. The number of hydrogen-bond acceptors (Lipinski definition) is 5. The van der Waals surface area contributed by atoms with E-state index in [-0.39, 0.29) is 12.5 Å². The molecule has 1 amide bonds. The molecule has 0 spiro atoms. The van der Waals surface area contributed by atoms with Crippen LogP contribution in [0, 0.1) is 0 Å². The van der Waals surface area contributed by atoms with Crippen LogP contribution >= 0.6 is 23.2 Å². The second-order valence-corrected chi connectivity index (χ2v) is 6.76. The normalized spacial score (nSPS) is 10.9. The van der Waals surface area contributed by atoms with E-state index < -0.39 is 0 Å². The number of fused-ring (bicyclic) bond motifs is 1. The van der Waals surface area contributed by atoms with Crippen LogP contribution in [0.3, 0.4) is 0 Å². The number of halogens is 2. The van der Waals surface area contributed by atoms with Crippen molar-refractivity contribution in [2.75, 3.05) is 0 Å². The molecule has 142 valence electrons. The zero-order valence-electron chi connectivity index (χ0n) is 14.4. The van der Waals surface area contributed by atoms with Gasteiger partial charge in [0.25, 0.3) is 5.91 Å². The van der Waals surface area contributed by atoms with Crippen LogP contribution in [0.5, 0.6) is 5.75 Å². The first-order valence-corrected chi connectivity index (χ1v) is 9.12. The van der Waals surface area contributed by atoms with E-state index in [4.69, 9.17) is 36.8 Å². The molecule has 0 atom stereocenters. The molecule has 0 fully saturated rings. The van der Waals surface area contributed by atoms with E-state index in [1.165, 1.54) is 0 Å². The minimum absolute atomic E-state index is 0.0933. The number of hydrogen-bond donors (Lipinski definition) is 1. The van der Waals surface area contributed by atoms with Gasteiger partial charge in [0.05, 0.1) is 17.8 Å². The number of nitrogens with zero attached hydrogens (tertiary/aromatic N) is 1. The molecule has 2 heterocycles. The maximum atomic E-state index is 12.3. The zero-order chi connectivity index (χ0) is 19.5. The number of carbonyl (C=O) groups excluding carboxylic acids is 1. The fraction of sp³-hybridized carbons (Fsp3) is 0.100. The lowest BCUT2D eigenvalue weighted by atomic mass is 10.2.